The van der Waals surface area contributed by atoms with Crippen LogP contribution in [0.1, 0.15) is 44.7 Å². The van der Waals surface area contributed by atoms with Gasteiger partial charge < -0.3 is 25.3 Å². The van der Waals surface area contributed by atoms with Crippen LogP contribution in [-0.4, -0.2) is 59.9 Å². The molecule has 2 atom stereocenters. The zero-order chi connectivity index (χ0) is 35.9. The minimum atomic E-state index is -5.00. The summed E-state index contributed by atoms with van der Waals surface area (Å²) in [5.74, 6) is -2.54. The van der Waals surface area contributed by atoms with Crippen LogP contribution < -0.4 is 11.1 Å². The monoisotopic (exact) mass is 674 g/mol. The van der Waals surface area contributed by atoms with E-state index in [9.17, 15) is 40.7 Å². The van der Waals surface area contributed by atoms with Gasteiger partial charge in [-0.25, -0.2) is 4.79 Å². The van der Waals surface area contributed by atoms with Gasteiger partial charge in [0.25, 0.3) is 0 Å². The van der Waals surface area contributed by atoms with Gasteiger partial charge >= 0.3 is 18.4 Å². The summed E-state index contributed by atoms with van der Waals surface area (Å²) < 4.78 is 96.0. The van der Waals surface area contributed by atoms with Crippen LogP contribution in [0.3, 0.4) is 0 Å². The van der Waals surface area contributed by atoms with E-state index >= 15 is 0 Å². The quantitative estimate of drug-likeness (QED) is 0.158. The smallest absolute Gasteiger partial charge is 0.425 e. The SMILES string of the molecule is C=CC[C@@](OCc1ccccc1)(C(=O)CN)C(F)(F)F.C=CC[C@@](OCc1ccccc1)(C(=O)CNC(=O)OC(C)(C)C)C(F)(F)F. The Kier molecular flexibility index (Phi) is 15.5. The molecule has 260 valence electrons. The molecule has 0 aliphatic heterocycles. The number of ether oxygens (including phenoxy) is 3. The van der Waals surface area contributed by atoms with Crippen LogP contribution in [0.15, 0.2) is 86.0 Å². The largest absolute Gasteiger partial charge is 0.444 e. The fourth-order valence-corrected chi connectivity index (χ4v) is 3.96. The summed E-state index contributed by atoms with van der Waals surface area (Å²) in [5.41, 5.74) is -0.788. The van der Waals surface area contributed by atoms with Crippen molar-refractivity contribution in [1.29, 1.82) is 0 Å². The van der Waals surface area contributed by atoms with Crippen LogP contribution >= 0.6 is 0 Å². The van der Waals surface area contributed by atoms with Crippen molar-refractivity contribution in [2.75, 3.05) is 13.1 Å². The maximum Gasteiger partial charge on any atom is 0.425 e. The van der Waals surface area contributed by atoms with Gasteiger partial charge in [0, 0.05) is 12.8 Å². The minimum Gasteiger partial charge on any atom is -0.444 e. The molecule has 2 aromatic carbocycles. The molecule has 8 nitrogen and oxygen atoms in total. The van der Waals surface area contributed by atoms with Gasteiger partial charge in [-0.2, -0.15) is 26.3 Å². The number of rotatable bonds is 15. The Morgan fingerprint density at radius 3 is 1.43 bits per heavy atom. The number of alkyl carbamates (subject to hydrolysis) is 1. The molecule has 0 spiro atoms. The highest BCUT2D eigenvalue weighted by Gasteiger charge is 2.61. The molecule has 0 saturated carbocycles. The first-order valence-corrected chi connectivity index (χ1v) is 14.2. The molecule has 3 N–H and O–H groups in total. The first-order valence-electron chi connectivity index (χ1n) is 14.2. The van der Waals surface area contributed by atoms with E-state index in [-0.39, 0.29) is 6.61 Å². The molecule has 0 bridgehead atoms. The van der Waals surface area contributed by atoms with E-state index in [1.807, 2.05) is 5.32 Å². The summed E-state index contributed by atoms with van der Waals surface area (Å²) in [6, 6.07) is 16.5. The molecule has 1 amide bonds. The maximum absolute atomic E-state index is 13.8. The number of carbonyl (C=O) groups excluding carboxylic acids is 3. The molecular weight excluding hydrogens is 634 g/mol. The fourth-order valence-electron chi connectivity index (χ4n) is 3.96. The highest BCUT2D eigenvalue weighted by Crippen LogP contribution is 2.39. The van der Waals surface area contributed by atoms with E-state index in [0.717, 1.165) is 12.2 Å². The van der Waals surface area contributed by atoms with Gasteiger partial charge in [0.1, 0.15) is 5.60 Å². The number of nitrogens with one attached hydrogen (secondary N) is 1. The topological polar surface area (TPSA) is 117 Å². The lowest BCUT2D eigenvalue weighted by atomic mass is 9.92. The summed E-state index contributed by atoms with van der Waals surface area (Å²) in [6.07, 6.45) is -10.3. The Bertz CT molecular complexity index is 1310. The molecule has 0 aliphatic rings. The lowest BCUT2D eigenvalue weighted by Crippen LogP contribution is -2.57. The normalized spacial score (nSPS) is 14.3. The summed E-state index contributed by atoms with van der Waals surface area (Å²) in [5, 5.41) is 2.05. The highest BCUT2D eigenvalue weighted by atomic mass is 19.4. The van der Waals surface area contributed by atoms with Gasteiger partial charge in [-0.15, -0.1) is 13.2 Å². The zero-order valence-electron chi connectivity index (χ0n) is 26.4. The van der Waals surface area contributed by atoms with Crippen LogP contribution in [-0.2, 0) is 37.0 Å². The Labute approximate surface area is 269 Å². The first-order chi connectivity index (χ1) is 21.8. The second-order valence-electron chi connectivity index (χ2n) is 11.1. The Balaban J connectivity index is 0.000000491. The number of amides is 1. The molecule has 14 heteroatoms. The second-order valence-corrected chi connectivity index (χ2v) is 11.1. The van der Waals surface area contributed by atoms with Gasteiger partial charge in [0.05, 0.1) is 26.3 Å². The number of carbonyl (C=O) groups is 3. The molecule has 0 heterocycles. The average Bonchev–Trinajstić information content (AvgIpc) is 2.99. The van der Waals surface area contributed by atoms with Gasteiger partial charge in [-0.3, -0.25) is 9.59 Å². The Morgan fingerprint density at radius 1 is 0.723 bits per heavy atom. The molecule has 0 unspecified atom stereocenters. The maximum atomic E-state index is 13.8. The van der Waals surface area contributed by atoms with Crippen molar-refractivity contribution in [3.8, 4) is 0 Å². The standard InChI is InChI=1S/C19H24F3NO4.C14H16F3NO2/c1-5-11-18(19(20,21)22,26-13-14-9-7-6-8-10-14)15(24)12-23-16(25)27-17(2,3)4;1-2-8-13(12(19)9-18,14(15,16)17)20-10-11-6-4-3-5-7-11/h5-10H,1,11-13H2,2-4H3,(H,23,25);2-7H,1,8-10,18H2/t18-;13-/m11/s1. The highest BCUT2D eigenvalue weighted by molar-refractivity contribution is 5.92. The molecular formula is C33H40F6N2O6. The van der Waals surface area contributed by atoms with Crippen LogP contribution in [0.4, 0.5) is 31.1 Å². The van der Waals surface area contributed by atoms with Crippen LogP contribution in [0.5, 0.6) is 0 Å². The van der Waals surface area contributed by atoms with Gasteiger partial charge in [-0.1, -0.05) is 72.8 Å². The zero-order valence-corrected chi connectivity index (χ0v) is 26.4. The molecule has 2 aromatic rings. The van der Waals surface area contributed by atoms with Crippen molar-refractivity contribution in [1.82, 2.24) is 5.32 Å². The van der Waals surface area contributed by atoms with Gasteiger partial charge in [0.15, 0.2) is 11.6 Å². The van der Waals surface area contributed by atoms with Crippen molar-refractivity contribution in [3.05, 3.63) is 97.1 Å². The minimum absolute atomic E-state index is 0.333. The fraction of sp³-hybridized carbons (Fsp3) is 0.424. The number of halogens is 6. The Morgan fingerprint density at radius 2 is 1.11 bits per heavy atom. The van der Waals surface area contributed by atoms with E-state index in [4.69, 9.17) is 19.9 Å². The van der Waals surface area contributed by atoms with Crippen LogP contribution in [0.2, 0.25) is 0 Å². The molecule has 0 fully saturated rings. The lowest BCUT2D eigenvalue weighted by molar-refractivity contribution is -0.268. The number of benzene rings is 2. The predicted octanol–water partition coefficient (Wildman–Crippen LogP) is 6.78. The predicted molar refractivity (Wildman–Crippen MR) is 163 cm³/mol. The number of alkyl halides is 6. The van der Waals surface area contributed by atoms with Crippen LogP contribution in [0, 0.1) is 0 Å². The third-order valence-electron chi connectivity index (χ3n) is 6.31. The Hall–Kier alpha value is -4.01. The second kappa shape index (κ2) is 17.8. The van der Waals surface area contributed by atoms with E-state index < -0.39 is 79.4 Å². The number of Topliss-reactive ketones (excluding diaryl/α,β-unsaturated/α-hetero) is 2. The molecule has 0 aliphatic carbocycles. The molecule has 2 rings (SSSR count). The summed E-state index contributed by atoms with van der Waals surface area (Å²) in [6.45, 7) is 8.93. The van der Waals surface area contributed by atoms with Crippen molar-refractivity contribution < 1.29 is 54.9 Å². The van der Waals surface area contributed by atoms with Gasteiger partial charge in [-0.05, 0) is 31.9 Å². The van der Waals surface area contributed by atoms with Crippen molar-refractivity contribution in [2.45, 2.75) is 76.0 Å². The third kappa shape index (κ3) is 12.3. The van der Waals surface area contributed by atoms with E-state index in [1.54, 1.807) is 81.4 Å². The lowest BCUT2D eigenvalue weighted by Gasteiger charge is -2.33. The van der Waals surface area contributed by atoms with E-state index in [1.165, 1.54) is 0 Å². The average molecular weight is 675 g/mol. The van der Waals surface area contributed by atoms with E-state index in [0.29, 0.717) is 11.1 Å². The first kappa shape index (κ1) is 41.0. The molecule has 0 aromatic heterocycles. The molecule has 0 saturated heterocycles. The molecule has 47 heavy (non-hydrogen) atoms. The van der Waals surface area contributed by atoms with Crippen molar-refractivity contribution in [2.24, 2.45) is 5.73 Å². The third-order valence-corrected chi connectivity index (χ3v) is 6.31. The van der Waals surface area contributed by atoms with Crippen molar-refractivity contribution in [3.63, 3.8) is 0 Å². The summed E-state index contributed by atoms with van der Waals surface area (Å²) in [7, 11) is 0. The van der Waals surface area contributed by atoms with Crippen molar-refractivity contribution >= 4 is 17.7 Å². The number of hydrogen-bond donors (Lipinski definition) is 2. The van der Waals surface area contributed by atoms with Gasteiger partial charge in [0.2, 0.25) is 11.2 Å². The number of ketones is 2. The number of hydrogen-bond acceptors (Lipinski definition) is 7. The van der Waals surface area contributed by atoms with E-state index in [2.05, 4.69) is 13.2 Å². The summed E-state index contributed by atoms with van der Waals surface area (Å²) in [4.78, 5) is 35.8. The molecule has 0 radical (unpaired) electrons. The summed E-state index contributed by atoms with van der Waals surface area (Å²) >= 11 is 0. The number of nitrogens with two attached hydrogens (primary N) is 1. The van der Waals surface area contributed by atoms with Crippen LogP contribution in [0.25, 0.3) is 0 Å².